The minimum absolute atomic E-state index is 0.0645. The summed E-state index contributed by atoms with van der Waals surface area (Å²) in [6.45, 7) is 1.01. The standard InChI is InChI=1S/C26H30N2O6/c1-26(24(32)28(13-14-29)15-23(30)31)12-6-11-22(26)27-25(33)34-16-21-19-9-4-2-7-17(19)18-8-3-5-10-20(18)21/h2-5,7-10,21-22,29H,6,11-16H2,1H3,(H,27,33)(H,30,31). The number of carbonyl (C=O) groups excluding carboxylic acids is 2. The summed E-state index contributed by atoms with van der Waals surface area (Å²) in [6.07, 6.45) is 1.23. The lowest BCUT2D eigenvalue weighted by Crippen LogP contribution is -2.53. The Bertz CT molecular complexity index is 1040. The molecule has 0 radical (unpaired) electrons. The fourth-order valence-corrected chi connectivity index (χ4v) is 5.33. The molecule has 3 N–H and O–H groups in total. The molecule has 0 aromatic heterocycles. The third-order valence-electron chi connectivity index (χ3n) is 7.07. The summed E-state index contributed by atoms with van der Waals surface area (Å²) >= 11 is 0. The monoisotopic (exact) mass is 466 g/mol. The Kier molecular flexibility index (Phi) is 6.88. The van der Waals surface area contributed by atoms with Crippen molar-refractivity contribution in [1.82, 2.24) is 10.2 Å². The maximum Gasteiger partial charge on any atom is 0.407 e. The van der Waals surface area contributed by atoms with E-state index in [-0.39, 0.29) is 31.6 Å². The topological polar surface area (TPSA) is 116 Å². The molecule has 180 valence electrons. The maximum absolute atomic E-state index is 13.2. The molecule has 2 aliphatic rings. The van der Waals surface area contributed by atoms with Gasteiger partial charge in [0.2, 0.25) is 5.91 Å². The zero-order valence-electron chi connectivity index (χ0n) is 19.2. The van der Waals surface area contributed by atoms with Crippen molar-refractivity contribution in [3.8, 4) is 11.1 Å². The van der Waals surface area contributed by atoms with Gasteiger partial charge in [-0.15, -0.1) is 0 Å². The number of hydrogen-bond acceptors (Lipinski definition) is 5. The summed E-state index contributed by atoms with van der Waals surface area (Å²) in [4.78, 5) is 38.3. The number of rotatable bonds is 8. The van der Waals surface area contributed by atoms with Gasteiger partial charge in [0.15, 0.2) is 0 Å². The molecule has 8 nitrogen and oxygen atoms in total. The first-order valence-corrected chi connectivity index (χ1v) is 11.6. The second-order valence-corrected chi connectivity index (χ2v) is 9.18. The summed E-state index contributed by atoms with van der Waals surface area (Å²) in [5.74, 6) is -1.60. The third kappa shape index (κ3) is 4.50. The fourth-order valence-electron chi connectivity index (χ4n) is 5.33. The first kappa shape index (κ1) is 23.8. The van der Waals surface area contributed by atoms with Gasteiger partial charge >= 0.3 is 12.1 Å². The van der Waals surface area contributed by atoms with Crippen LogP contribution in [-0.4, -0.2) is 65.4 Å². The number of nitrogens with one attached hydrogen (secondary N) is 1. The molecule has 0 spiro atoms. The Hall–Kier alpha value is -3.39. The Labute approximate surface area is 198 Å². The molecule has 2 aromatic rings. The number of aliphatic hydroxyl groups excluding tert-OH is 1. The van der Waals surface area contributed by atoms with Gasteiger partial charge in [-0.05, 0) is 42.0 Å². The normalized spacial score (nSPS) is 20.9. The minimum atomic E-state index is -1.15. The van der Waals surface area contributed by atoms with Crippen LogP contribution in [0.2, 0.25) is 0 Å². The fraction of sp³-hybridized carbons (Fsp3) is 0.423. The summed E-state index contributed by atoms with van der Waals surface area (Å²) in [5, 5.41) is 21.3. The summed E-state index contributed by atoms with van der Waals surface area (Å²) in [5.41, 5.74) is 3.55. The van der Waals surface area contributed by atoms with Crippen LogP contribution in [0.3, 0.4) is 0 Å². The van der Waals surface area contributed by atoms with Gasteiger partial charge in [-0.2, -0.15) is 0 Å². The second-order valence-electron chi connectivity index (χ2n) is 9.18. The van der Waals surface area contributed by atoms with Crippen LogP contribution >= 0.6 is 0 Å². The van der Waals surface area contributed by atoms with Crippen molar-refractivity contribution >= 4 is 18.0 Å². The van der Waals surface area contributed by atoms with Gasteiger partial charge in [-0.1, -0.05) is 55.0 Å². The Morgan fingerprint density at radius 1 is 1.09 bits per heavy atom. The highest BCUT2D eigenvalue weighted by molar-refractivity contribution is 5.87. The second kappa shape index (κ2) is 9.85. The highest BCUT2D eigenvalue weighted by atomic mass is 16.5. The molecule has 2 amide bonds. The van der Waals surface area contributed by atoms with Crippen LogP contribution in [-0.2, 0) is 14.3 Å². The number of aliphatic hydroxyl groups is 1. The summed E-state index contributed by atoms with van der Waals surface area (Å²) < 4.78 is 5.64. The first-order chi connectivity index (χ1) is 16.3. The van der Waals surface area contributed by atoms with Crippen LogP contribution in [0.4, 0.5) is 4.79 Å². The van der Waals surface area contributed by atoms with Crippen molar-refractivity contribution < 1.29 is 29.3 Å². The molecule has 1 saturated carbocycles. The van der Waals surface area contributed by atoms with E-state index >= 15 is 0 Å². The predicted molar refractivity (Wildman–Crippen MR) is 125 cm³/mol. The van der Waals surface area contributed by atoms with Gasteiger partial charge in [0.1, 0.15) is 13.2 Å². The SMILES string of the molecule is CC1(C(=O)N(CCO)CC(=O)O)CCCC1NC(=O)OCC1c2ccccc2-c2ccccc21. The number of ether oxygens (including phenoxy) is 1. The van der Waals surface area contributed by atoms with E-state index in [9.17, 15) is 19.5 Å². The number of fused-ring (bicyclic) bond motifs is 3. The molecular formula is C26H30N2O6. The molecular weight excluding hydrogens is 436 g/mol. The van der Waals surface area contributed by atoms with Crippen LogP contribution < -0.4 is 5.32 Å². The number of carboxylic acid groups (broad SMARTS) is 1. The number of hydrogen-bond donors (Lipinski definition) is 3. The van der Waals surface area contributed by atoms with Crippen molar-refractivity contribution in [1.29, 1.82) is 0 Å². The minimum Gasteiger partial charge on any atom is -0.480 e. The third-order valence-corrected chi connectivity index (χ3v) is 7.07. The number of alkyl carbamates (subject to hydrolysis) is 1. The van der Waals surface area contributed by atoms with Gasteiger partial charge in [0, 0.05) is 18.5 Å². The zero-order chi connectivity index (χ0) is 24.3. The molecule has 0 aliphatic heterocycles. The van der Waals surface area contributed by atoms with Crippen LogP contribution in [0, 0.1) is 5.41 Å². The van der Waals surface area contributed by atoms with Gasteiger partial charge in [0.05, 0.1) is 12.0 Å². The van der Waals surface area contributed by atoms with E-state index in [1.165, 1.54) is 0 Å². The van der Waals surface area contributed by atoms with Crippen LogP contribution in [0.25, 0.3) is 11.1 Å². The molecule has 0 heterocycles. The van der Waals surface area contributed by atoms with Crippen molar-refractivity contribution in [3.63, 3.8) is 0 Å². The summed E-state index contributed by atoms with van der Waals surface area (Å²) in [7, 11) is 0. The molecule has 0 bridgehead atoms. The highest BCUT2D eigenvalue weighted by Crippen LogP contribution is 2.44. The smallest absolute Gasteiger partial charge is 0.407 e. The van der Waals surface area contributed by atoms with Gasteiger partial charge in [-0.3, -0.25) is 9.59 Å². The van der Waals surface area contributed by atoms with E-state index in [0.29, 0.717) is 12.8 Å². The average Bonchev–Trinajstić information content (AvgIpc) is 3.35. The quantitative estimate of drug-likeness (QED) is 0.551. The van der Waals surface area contributed by atoms with E-state index in [1.807, 2.05) is 36.4 Å². The largest absolute Gasteiger partial charge is 0.480 e. The molecule has 2 aromatic carbocycles. The van der Waals surface area contributed by atoms with Crippen molar-refractivity contribution in [2.45, 2.75) is 38.1 Å². The van der Waals surface area contributed by atoms with E-state index in [2.05, 4.69) is 17.4 Å². The molecule has 8 heteroatoms. The molecule has 34 heavy (non-hydrogen) atoms. The van der Waals surface area contributed by atoms with Crippen LogP contribution in [0.5, 0.6) is 0 Å². The van der Waals surface area contributed by atoms with Crippen molar-refractivity contribution in [3.05, 3.63) is 59.7 Å². The maximum atomic E-state index is 13.2. The molecule has 2 unspecified atom stereocenters. The molecule has 0 saturated heterocycles. The number of nitrogens with zero attached hydrogens (tertiary/aromatic N) is 1. The number of amides is 2. The highest BCUT2D eigenvalue weighted by Gasteiger charge is 2.48. The first-order valence-electron chi connectivity index (χ1n) is 11.6. The van der Waals surface area contributed by atoms with Gasteiger partial charge < -0.3 is 25.2 Å². The van der Waals surface area contributed by atoms with E-state index in [0.717, 1.165) is 33.6 Å². The van der Waals surface area contributed by atoms with Crippen LogP contribution in [0.1, 0.15) is 43.2 Å². The lowest BCUT2D eigenvalue weighted by molar-refractivity contribution is -0.150. The average molecular weight is 467 g/mol. The number of aliphatic carboxylic acids is 1. The van der Waals surface area contributed by atoms with E-state index in [1.54, 1.807) is 6.92 Å². The number of carboxylic acids is 1. The Morgan fingerprint density at radius 2 is 1.71 bits per heavy atom. The lowest BCUT2D eigenvalue weighted by atomic mass is 9.83. The molecule has 2 aliphatic carbocycles. The number of benzene rings is 2. The predicted octanol–water partition coefficient (Wildman–Crippen LogP) is 2.99. The molecule has 4 rings (SSSR count). The summed E-state index contributed by atoms with van der Waals surface area (Å²) in [6, 6.07) is 15.7. The van der Waals surface area contributed by atoms with E-state index in [4.69, 9.17) is 9.84 Å². The Balaban J connectivity index is 1.43. The molecule has 1 fully saturated rings. The zero-order valence-corrected chi connectivity index (χ0v) is 19.2. The van der Waals surface area contributed by atoms with E-state index < -0.39 is 30.1 Å². The van der Waals surface area contributed by atoms with Gasteiger partial charge in [-0.25, -0.2) is 4.79 Å². The van der Waals surface area contributed by atoms with Crippen molar-refractivity contribution in [2.75, 3.05) is 26.3 Å². The Morgan fingerprint density at radius 3 is 2.29 bits per heavy atom. The van der Waals surface area contributed by atoms with Crippen molar-refractivity contribution in [2.24, 2.45) is 5.41 Å². The lowest BCUT2D eigenvalue weighted by Gasteiger charge is -2.35. The van der Waals surface area contributed by atoms with Crippen LogP contribution in [0.15, 0.2) is 48.5 Å². The molecule has 2 atom stereocenters. The number of carbonyl (C=O) groups is 3. The van der Waals surface area contributed by atoms with Gasteiger partial charge in [0.25, 0.3) is 0 Å².